The molecule has 0 bridgehead atoms. The summed E-state index contributed by atoms with van der Waals surface area (Å²) in [6.07, 6.45) is 15.0. The third-order valence-electron chi connectivity index (χ3n) is 3.54. The Balaban J connectivity index is 2.10. The van der Waals surface area contributed by atoms with Gasteiger partial charge in [0.1, 0.15) is 0 Å². The molecular weight excluding hydrogens is 198 g/mol. The van der Waals surface area contributed by atoms with Crippen LogP contribution in [0.2, 0.25) is 0 Å². The standard InChI is InChI=1S/C14H21NO/c16-12-6-9-14(15-10-4-5-11-15)13-7-2-1-3-8-13/h4-6,9-11,13-14,16H,1-3,7-8,12H2/b9-6+. The Hall–Kier alpha value is -1.02. The Kier molecular flexibility index (Phi) is 4.23. The molecule has 0 saturated heterocycles. The lowest BCUT2D eigenvalue weighted by atomic mass is 9.83. The second-order valence-corrected chi connectivity index (χ2v) is 4.63. The average Bonchev–Trinajstić information content (AvgIpc) is 2.85. The van der Waals surface area contributed by atoms with Gasteiger partial charge in [-0.2, -0.15) is 0 Å². The van der Waals surface area contributed by atoms with E-state index in [4.69, 9.17) is 5.11 Å². The molecule has 1 aliphatic rings. The second-order valence-electron chi connectivity index (χ2n) is 4.63. The number of rotatable bonds is 4. The van der Waals surface area contributed by atoms with Gasteiger partial charge in [0, 0.05) is 12.4 Å². The van der Waals surface area contributed by atoms with E-state index in [0.717, 1.165) is 5.92 Å². The molecule has 1 atom stereocenters. The summed E-state index contributed by atoms with van der Waals surface area (Å²) in [5.41, 5.74) is 0. The van der Waals surface area contributed by atoms with Crippen molar-refractivity contribution in [2.45, 2.75) is 38.1 Å². The molecule has 2 rings (SSSR count). The highest BCUT2D eigenvalue weighted by molar-refractivity contribution is 5.02. The SMILES string of the molecule is OC/C=C/C(C1CCCCC1)n1cccc1. The molecule has 16 heavy (non-hydrogen) atoms. The first-order valence-corrected chi connectivity index (χ1v) is 6.32. The molecule has 1 heterocycles. The fourth-order valence-electron chi connectivity index (χ4n) is 2.72. The highest BCUT2D eigenvalue weighted by Crippen LogP contribution is 2.33. The fraction of sp³-hybridized carbons (Fsp3) is 0.571. The lowest BCUT2D eigenvalue weighted by molar-refractivity contribution is 0.283. The van der Waals surface area contributed by atoms with E-state index in [1.807, 2.05) is 6.08 Å². The van der Waals surface area contributed by atoms with Crippen LogP contribution in [0.4, 0.5) is 0 Å². The van der Waals surface area contributed by atoms with Gasteiger partial charge in [-0.25, -0.2) is 0 Å². The van der Waals surface area contributed by atoms with Crippen molar-refractivity contribution in [1.29, 1.82) is 0 Å². The van der Waals surface area contributed by atoms with Crippen molar-refractivity contribution in [2.75, 3.05) is 6.61 Å². The lowest BCUT2D eigenvalue weighted by Gasteiger charge is -2.29. The summed E-state index contributed by atoms with van der Waals surface area (Å²) in [7, 11) is 0. The molecule has 2 heteroatoms. The van der Waals surface area contributed by atoms with Gasteiger partial charge in [-0.1, -0.05) is 31.4 Å². The van der Waals surface area contributed by atoms with Gasteiger partial charge in [-0.15, -0.1) is 0 Å². The van der Waals surface area contributed by atoms with E-state index in [1.54, 1.807) is 0 Å². The highest BCUT2D eigenvalue weighted by atomic mass is 16.2. The van der Waals surface area contributed by atoms with E-state index in [1.165, 1.54) is 32.1 Å². The summed E-state index contributed by atoms with van der Waals surface area (Å²) >= 11 is 0. The Morgan fingerprint density at radius 1 is 1.19 bits per heavy atom. The molecule has 0 aliphatic heterocycles. The first kappa shape index (κ1) is 11.5. The number of aliphatic hydroxyl groups excluding tert-OH is 1. The summed E-state index contributed by atoms with van der Waals surface area (Å²) in [5, 5.41) is 8.91. The van der Waals surface area contributed by atoms with E-state index < -0.39 is 0 Å². The lowest BCUT2D eigenvalue weighted by Crippen LogP contribution is -2.19. The van der Waals surface area contributed by atoms with Gasteiger partial charge in [0.15, 0.2) is 0 Å². The number of nitrogens with zero attached hydrogens (tertiary/aromatic N) is 1. The Labute approximate surface area is 97.6 Å². The maximum absolute atomic E-state index is 8.91. The van der Waals surface area contributed by atoms with E-state index in [0.29, 0.717) is 6.04 Å². The highest BCUT2D eigenvalue weighted by Gasteiger charge is 2.22. The smallest absolute Gasteiger partial charge is 0.0613 e. The third-order valence-corrected chi connectivity index (χ3v) is 3.54. The molecule has 0 radical (unpaired) electrons. The van der Waals surface area contributed by atoms with E-state index in [2.05, 4.69) is 35.2 Å². The first-order valence-electron chi connectivity index (χ1n) is 6.32. The van der Waals surface area contributed by atoms with Crippen LogP contribution in [0.3, 0.4) is 0 Å². The number of hydrogen-bond donors (Lipinski definition) is 1. The second kappa shape index (κ2) is 5.90. The molecule has 1 N–H and O–H groups in total. The minimum absolute atomic E-state index is 0.143. The zero-order chi connectivity index (χ0) is 11.2. The van der Waals surface area contributed by atoms with Crippen molar-refractivity contribution in [2.24, 2.45) is 5.92 Å². The molecule has 88 valence electrons. The summed E-state index contributed by atoms with van der Waals surface area (Å²) in [4.78, 5) is 0. The monoisotopic (exact) mass is 219 g/mol. The molecule has 1 aliphatic carbocycles. The maximum Gasteiger partial charge on any atom is 0.0613 e. The largest absolute Gasteiger partial charge is 0.392 e. The van der Waals surface area contributed by atoms with Gasteiger partial charge in [0.2, 0.25) is 0 Å². The van der Waals surface area contributed by atoms with Crippen molar-refractivity contribution in [3.63, 3.8) is 0 Å². The van der Waals surface area contributed by atoms with Crippen LogP contribution in [-0.4, -0.2) is 16.3 Å². The van der Waals surface area contributed by atoms with Crippen LogP contribution in [0.25, 0.3) is 0 Å². The molecule has 1 saturated carbocycles. The first-order chi connectivity index (χ1) is 7.92. The molecule has 2 nitrogen and oxygen atoms in total. The molecule has 0 amide bonds. The quantitative estimate of drug-likeness (QED) is 0.773. The Bertz CT molecular complexity index is 309. The predicted octanol–water partition coefficient (Wildman–Crippen LogP) is 3.16. The molecule has 1 unspecified atom stereocenters. The molecular formula is C14H21NO. The minimum atomic E-state index is 0.143. The van der Waals surface area contributed by atoms with Crippen LogP contribution in [-0.2, 0) is 0 Å². The topological polar surface area (TPSA) is 25.2 Å². The summed E-state index contributed by atoms with van der Waals surface area (Å²) in [5.74, 6) is 0.740. The van der Waals surface area contributed by atoms with E-state index in [9.17, 15) is 0 Å². The molecule has 1 fully saturated rings. The molecule has 1 aromatic rings. The van der Waals surface area contributed by atoms with Crippen molar-refractivity contribution in [3.05, 3.63) is 36.7 Å². The molecule has 1 aromatic heterocycles. The fourth-order valence-corrected chi connectivity index (χ4v) is 2.72. The summed E-state index contributed by atoms with van der Waals surface area (Å²) in [6, 6.07) is 4.58. The molecule has 0 aromatic carbocycles. The number of aromatic nitrogens is 1. The van der Waals surface area contributed by atoms with E-state index >= 15 is 0 Å². The Morgan fingerprint density at radius 3 is 2.50 bits per heavy atom. The Morgan fingerprint density at radius 2 is 1.88 bits per heavy atom. The van der Waals surface area contributed by atoms with Gasteiger partial charge >= 0.3 is 0 Å². The average molecular weight is 219 g/mol. The van der Waals surface area contributed by atoms with Gasteiger partial charge < -0.3 is 9.67 Å². The predicted molar refractivity (Wildman–Crippen MR) is 66.3 cm³/mol. The maximum atomic E-state index is 8.91. The van der Waals surface area contributed by atoms with Crippen molar-refractivity contribution < 1.29 is 5.11 Å². The summed E-state index contributed by atoms with van der Waals surface area (Å²) < 4.78 is 2.27. The zero-order valence-electron chi connectivity index (χ0n) is 9.76. The number of hydrogen-bond acceptors (Lipinski definition) is 1. The minimum Gasteiger partial charge on any atom is -0.392 e. The van der Waals surface area contributed by atoms with Gasteiger partial charge in [0.05, 0.1) is 12.6 Å². The van der Waals surface area contributed by atoms with Crippen LogP contribution in [0.1, 0.15) is 38.1 Å². The van der Waals surface area contributed by atoms with E-state index in [-0.39, 0.29) is 6.61 Å². The number of aliphatic hydroxyl groups is 1. The van der Waals surface area contributed by atoms with Crippen LogP contribution in [0.15, 0.2) is 36.7 Å². The van der Waals surface area contributed by atoms with Crippen molar-refractivity contribution in [1.82, 2.24) is 4.57 Å². The van der Waals surface area contributed by atoms with Crippen molar-refractivity contribution in [3.8, 4) is 0 Å². The number of allylic oxidation sites excluding steroid dienone is 1. The van der Waals surface area contributed by atoms with Gasteiger partial charge in [0.25, 0.3) is 0 Å². The van der Waals surface area contributed by atoms with Crippen LogP contribution in [0.5, 0.6) is 0 Å². The third kappa shape index (κ3) is 2.76. The van der Waals surface area contributed by atoms with Crippen LogP contribution in [0, 0.1) is 5.92 Å². The van der Waals surface area contributed by atoms with Crippen molar-refractivity contribution >= 4 is 0 Å². The van der Waals surface area contributed by atoms with Gasteiger partial charge in [-0.3, -0.25) is 0 Å². The zero-order valence-corrected chi connectivity index (χ0v) is 9.76. The normalized spacial score (nSPS) is 20.3. The molecule has 0 spiro atoms. The summed E-state index contributed by atoms with van der Waals surface area (Å²) in [6.45, 7) is 0.143. The van der Waals surface area contributed by atoms with Crippen LogP contribution < -0.4 is 0 Å². The van der Waals surface area contributed by atoms with Crippen LogP contribution >= 0.6 is 0 Å². The van der Waals surface area contributed by atoms with Gasteiger partial charge in [-0.05, 0) is 30.9 Å².